The van der Waals surface area contributed by atoms with Crippen LogP contribution in [0.5, 0.6) is 5.75 Å². The van der Waals surface area contributed by atoms with E-state index in [2.05, 4.69) is 20.3 Å². The third-order valence-electron chi connectivity index (χ3n) is 2.70. The Morgan fingerprint density at radius 3 is 2.58 bits per heavy atom. The predicted molar refractivity (Wildman–Crippen MR) is 69.7 cm³/mol. The van der Waals surface area contributed by atoms with Gasteiger partial charge in [-0.2, -0.15) is 0 Å². The van der Waals surface area contributed by atoms with Crippen LogP contribution >= 0.6 is 0 Å². The van der Waals surface area contributed by atoms with Crippen LogP contribution in [0.4, 0.5) is 0 Å². The van der Waals surface area contributed by atoms with Crippen LogP contribution in [-0.2, 0) is 5.54 Å². The molecule has 3 N–H and O–H groups in total. The van der Waals surface area contributed by atoms with Crippen molar-refractivity contribution in [3.05, 3.63) is 41.7 Å². The fraction of sp³-hybridized carbons (Fsp3) is 0.308. The van der Waals surface area contributed by atoms with Crippen molar-refractivity contribution in [2.45, 2.75) is 26.3 Å². The lowest BCUT2D eigenvalue weighted by Crippen LogP contribution is -2.42. The summed E-state index contributed by atoms with van der Waals surface area (Å²) >= 11 is 0. The molecule has 0 saturated heterocycles. The zero-order chi connectivity index (χ0) is 14.0. The Labute approximate surface area is 110 Å². The maximum Gasteiger partial charge on any atom is 0.270 e. The van der Waals surface area contributed by atoms with Gasteiger partial charge in [0.2, 0.25) is 0 Å². The third-order valence-corrected chi connectivity index (χ3v) is 2.70. The number of carbonyl (C=O) groups is 1. The molecule has 0 aliphatic rings. The van der Waals surface area contributed by atoms with Crippen LogP contribution in [0, 0.1) is 6.92 Å². The molecule has 2 heterocycles. The van der Waals surface area contributed by atoms with Gasteiger partial charge in [0.15, 0.2) is 0 Å². The van der Waals surface area contributed by atoms with Crippen molar-refractivity contribution in [2.24, 2.45) is 0 Å². The fourth-order valence-corrected chi connectivity index (χ4v) is 1.66. The van der Waals surface area contributed by atoms with Crippen LogP contribution in [0.1, 0.15) is 35.9 Å². The van der Waals surface area contributed by atoms with Gasteiger partial charge in [0.05, 0.1) is 11.7 Å². The summed E-state index contributed by atoms with van der Waals surface area (Å²) in [4.78, 5) is 23.2. The van der Waals surface area contributed by atoms with Crippen molar-refractivity contribution in [1.29, 1.82) is 0 Å². The standard InChI is InChI=1S/C13H16N4O2/c1-8-6-15-12(16-8)13(2,3)17-11(19)10-5-4-9(18)7-14-10/h4-7,18H,1-3H3,(H,15,16)(H,17,19). The molecular weight excluding hydrogens is 244 g/mol. The Bertz CT molecular complexity index is 587. The molecule has 2 aromatic rings. The number of hydrogen-bond donors (Lipinski definition) is 3. The van der Waals surface area contributed by atoms with Gasteiger partial charge in [-0.05, 0) is 32.9 Å². The smallest absolute Gasteiger partial charge is 0.270 e. The van der Waals surface area contributed by atoms with E-state index >= 15 is 0 Å². The lowest BCUT2D eigenvalue weighted by molar-refractivity contribution is 0.0903. The number of amides is 1. The van der Waals surface area contributed by atoms with E-state index < -0.39 is 5.54 Å². The van der Waals surface area contributed by atoms with Crippen LogP contribution < -0.4 is 5.32 Å². The summed E-state index contributed by atoms with van der Waals surface area (Å²) in [5, 5.41) is 12.0. The van der Waals surface area contributed by atoms with Gasteiger partial charge in [-0.3, -0.25) is 4.79 Å². The average molecular weight is 260 g/mol. The van der Waals surface area contributed by atoms with Gasteiger partial charge in [-0.15, -0.1) is 0 Å². The van der Waals surface area contributed by atoms with E-state index in [1.165, 1.54) is 18.3 Å². The predicted octanol–water partition coefficient (Wildman–Crippen LogP) is 1.48. The Hall–Kier alpha value is -2.37. The molecule has 0 aliphatic carbocycles. The van der Waals surface area contributed by atoms with Gasteiger partial charge in [-0.1, -0.05) is 0 Å². The quantitative estimate of drug-likeness (QED) is 0.779. The summed E-state index contributed by atoms with van der Waals surface area (Å²) < 4.78 is 0. The molecule has 0 aliphatic heterocycles. The van der Waals surface area contributed by atoms with E-state index in [1.807, 2.05) is 20.8 Å². The summed E-state index contributed by atoms with van der Waals surface area (Å²) in [7, 11) is 0. The van der Waals surface area contributed by atoms with Gasteiger partial charge >= 0.3 is 0 Å². The molecule has 0 radical (unpaired) electrons. The molecule has 0 fully saturated rings. The van der Waals surface area contributed by atoms with E-state index in [4.69, 9.17) is 5.11 Å². The number of nitrogens with zero attached hydrogens (tertiary/aromatic N) is 2. The number of carbonyl (C=O) groups excluding carboxylic acids is 1. The zero-order valence-corrected chi connectivity index (χ0v) is 11.1. The van der Waals surface area contributed by atoms with E-state index in [1.54, 1.807) is 6.20 Å². The summed E-state index contributed by atoms with van der Waals surface area (Å²) in [5.74, 6) is 0.383. The second kappa shape index (κ2) is 4.72. The number of nitrogens with one attached hydrogen (secondary N) is 2. The number of aromatic nitrogens is 3. The minimum absolute atomic E-state index is 0.0254. The van der Waals surface area contributed by atoms with E-state index in [0.717, 1.165) is 5.69 Å². The van der Waals surface area contributed by atoms with Crippen molar-refractivity contribution in [3.8, 4) is 5.75 Å². The number of hydrogen-bond acceptors (Lipinski definition) is 4. The topological polar surface area (TPSA) is 90.9 Å². The van der Waals surface area contributed by atoms with Crippen molar-refractivity contribution >= 4 is 5.91 Å². The van der Waals surface area contributed by atoms with Crippen LogP contribution in [0.2, 0.25) is 0 Å². The largest absolute Gasteiger partial charge is 0.506 e. The van der Waals surface area contributed by atoms with Crippen LogP contribution in [-0.4, -0.2) is 26.0 Å². The number of rotatable bonds is 3. The highest BCUT2D eigenvalue weighted by Crippen LogP contribution is 2.17. The Kier molecular flexibility index (Phi) is 3.25. The summed E-state index contributed by atoms with van der Waals surface area (Å²) in [6.45, 7) is 5.60. The fourth-order valence-electron chi connectivity index (χ4n) is 1.66. The summed E-state index contributed by atoms with van der Waals surface area (Å²) in [6.07, 6.45) is 2.95. The van der Waals surface area contributed by atoms with Gasteiger partial charge < -0.3 is 15.4 Å². The molecule has 2 rings (SSSR count). The molecule has 6 heteroatoms. The Morgan fingerprint density at radius 2 is 2.05 bits per heavy atom. The molecule has 2 aromatic heterocycles. The highest BCUT2D eigenvalue weighted by molar-refractivity contribution is 5.92. The van der Waals surface area contributed by atoms with Crippen LogP contribution in [0.15, 0.2) is 24.5 Å². The number of pyridine rings is 1. The van der Waals surface area contributed by atoms with E-state index in [-0.39, 0.29) is 17.4 Å². The lowest BCUT2D eigenvalue weighted by atomic mass is 10.0. The maximum atomic E-state index is 12.1. The monoisotopic (exact) mass is 260 g/mol. The summed E-state index contributed by atoms with van der Waals surface area (Å²) in [5.41, 5.74) is 0.541. The van der Waals surface area contributed by atoms with Crippen molar-refractivity contribution in [3.63, 3.8) is 0 Å². The van der Waals surface area contributed by atoms with E-state index in [0.29, 0.717) is 5.82 Å². The number of aromatic amines is 1. The maximum absolute atomic E-state index is 12.1. The highest BCUT2D eigenvalue weighted by Gasteiger charge is 2.26. The SMILES string of the molecule is Cc1cnc(C(C)(C)NC(=O)c2ccc(O)cn2)[nH]1. The first kappa shape index (κ1) is 13.1. The number of imidazole rings is 1. The molecule has 19 heavy (non-hydrogen) atoms. The molecule has 1 amide bonds. The molecule has 100 valence electrons. The Balaban J connectivity index is 2.16. The first-order valence-electron chi connectivity index (χ1n) is 5.88. The van der Waals surface area contributed by atoms with E-state index in [9.17, 15) is 4.79 Å². The highest BCUT2D eigenvalue weighted by atomic mass is 16.3. The molecule has 0 spiro atoms. The molecule has 0 saturated carbocycles. The second-order valence-corrected chi connectivity index (χ2v) is 4.90. The first-order valence-corrected chi connectivity index (χ1v) is 5.88. The van der Waals surface area contributed by atoms with Crippen LogP contribution in [0.25, 0.3) is 0 Å². The number of aromatic hydroxyl groups is 1. The molecule has 0 unspecified atom stereocenters. The molecule has 0 bridgehead atoms. The minimum Gasteiger partial charge on any atom is -0.506 e. The molecule has 0 aromatic carbocycles. The molecule has 6 nitrogen and oxygen atoms in total. The minimum atomic E-state index is -0.634. The average Bonchev–Trinajstić information content (AvgIpc) is 2.77. The number of H-pyrrole nitrogens is 1. The van der Waals surface area contributed by atoms with Gasteiger partial charge in [0.1, 0.15) is 17.3 Å². The summed E-state index contributed by atoms with van der Waals surface area (Å²) in [6, 6.07) is 2.89. The van der Waals surface area contributed by atoms with Gasteiger partial charge in [0.25, 0.3) is 5.91 Å². The first-order chi connectivity index (χ1) is 8.88. The van der Waals surface area contributed by atoms with Gasteiger partial charge in [0, 0.05) is 11.9 Å². The van der Waals surface area contributed by atoms with Crippen molar-refractivity contribution < 1.29 is 9.90 Å². The lowest BCUT2D eigenvalue weighted by Gasteiger charge is -2.23. The second-order valence-electron chi connectivity index (χ2n) is 4.90. The molecular formula is C13H16N4O2. The van der Waals surface area contributed by atoms with Crippen molar-refractivity contribution in [1.82, 2.24) is 20.3 Å². The third kappa shape index (κ3) is 2.90. The van der Waals surface area contributed by atoms with Gasteiger partial charge in [-0.25, -0.2) is 9.97 Å². The Morgan fingerprint density at radius 1 is 1.32 bits per heavy atom. The number of aryl methyl sites for hydroxylation is 1. The molecule has 0 atom stereocenters. The zero-order valence-electron chi connectivity index (χ0n) is 11.1. The van der Waals surface area contributed by atoms with Crippen molar-refractivity contribution in [2.75, 3.05) is 0 Å². The normalized spacial score (nSPS) is 11.3. The van der Waals surface area contributed by atoms with Crippen LogP contribution in [0.3, 0.4) is 0 Å².